The van der Waals surface area contributed by atoms with Gasteiger partial charge in [0.1, 0.15) is 5.82 Å². The smallest absolute Gasteiger partial charge is 0.230 e. The number of H-pyrrole nitrogens is 1. The van der Waals surface area contributed by atoms with E-state index in [-0.39, 0.29) is 12.0 Å². The van der Waals surface area contributed by atoms with Crippen LogP contribution in [0.4, 0.5) is 0 Å². The van der Waals surface area contributed by atoms with Gasteiger partial charge < -0.3 is 4.98 Å². The molecule has 0 amide bonds. The van der Waals surface area contributed by atoms with E-state index in [1.165, 1.54) is 10.8 Å². The van der Waals surface area contributed by atoms with Crippen molar-refractivity contribution in [3.63, 3.8) is 0 Å². The third kappa shape index (κ3) is 3.97. The molecule has 0 saturated carbocycles. The van der Waals surface area contributed by atoms with Crippen LogP contribution in [-0.4, -0.2) is 32.2 Å². The van der Waals surface area contributed by atoms with Crippen molar-refractivity contribution in [2.75, 3.05) is 0 Å². The van der Waals surface area contributed by atoms with Gasteiger partial charge in [0.15, 0.2) is 0 Å². The van der Waals surface area contributed by atoms with Crippen molar-refractivity contribution in [1.29, 1.82) is 0 Å². The Bertz CT molecular complexity index is 2330. The van der Waals surface area contributed by atoms with Gasteiger partial charge in [0, 0.05) is 22.3 Å². The van der Waals surface area contributed by atoms with Gasteiger partial charge in [0.25, 0.3) is 0 Å². The first-order valence-corrected chi connectivity index (χ1v) is 15.0. The minimum Gasteiger partial charge on any atom is -0.338 e. The number of para-hydroxylation sites is 1. The van der Waals surface area contributed by atoms with Gasteiger partial charge in [-0.25, -0.2) is 15.0 Å². The van der Waals surface area contributed by atoms with Crippen LogP contribution in [0, 0.1) is 5.92 Å². The summed E-state index contributed by atoms with van der Waals surface area (Å²) >= 11 is 0. The number of hydrogen-bond acceptors (Lipinski definition) is 3. The van der Waals surface area contributed by atoms with Gasteiger partial charge in [-0.3, -0.25) is 4.57 Å². The number of imidazole rings is 1. The third-order valence-corrected chi connectivity index (χ3v) is 8.71. The number of allylic oxidation sites excluding steroid dienone is 2. The van der Waals surface area contributed by atoms with Gasteiger partial charge in [-0.15, -0.1) is 0 Å². The van der Waals surface area contributed by atoms with Crippen molar-refractivity contribution >= 4 is 44.5 Å². The number of aromatic nitrogens is 3. The fourth-order valence-electron chi connectivity index (χ4n) is 6.58. The Balaban J connectivity index is 1.19. The molecule has 0 fully saturated rings. The average molecular weight is 566 g/mol. The summed E-state index contributed by atoms with van der Waals surface area (Å²) in [6.07, 6.45) is 8.59. The summed E-state index contributed by atoms with van der Waals surface area (Å²) in [5.74, 6) is 1.71. The summed E-state index contributed by atoms with van der Waals surface area (Å²) < 4.78 is 2.23. The van der Waals surface area contributed by atoms with Gasteiger partial charge in [-0.1, -0.05) is 115 Å². The summed E-state index contributed by atoms with van der Waals surface area (Å²) in [4.78, 5) is 18.8. The predicted octanol–water partition coefficient (Wildman–Crippen LogP) is 8.82. The van der Waals surface area contributed by atoms with Gasteiger partial charge >= 0.3 is 0 Å². The minimum atomic E-state index is -0.000420. The number of aromatic amines is 1. The molecule has 1 N–H and O–H groups in total. The molecule has 208 valence electrons. The van der Waals surface area contributed by atoms with Crippen molar-refractivity contribution < 1.29 is 0 Å². The van der Waals surface area contributed by atoms with E-state index in [1.807, 2.05) is 24.3 Å². The van der Waals surface area contributed by atoms with E-state index in [0.29, 0.717) is 0 Å². The second-order valence-electron chi connectivity index (χ2n) is 11.3. The van der Waals surface area contributed by atoms with Crippen LogP contribution in [0.1, 0.15) is 5.56 Å². The highest BCUT2D eigenvalue weighted by Crippen LogP contribution is 2.35. The molecule has 5 nitrogen and oxygen atoms in total. The predicted molar refractivity (Wildman–Crippen MR) is 181 cm³/mol. The van der Waals surface area contributed by atoms with Crippen LogP contribution in [0.15, 0.2) is 156 Å². The van der Waals surface area contributed by atoms with Crippen LogP contribution < -0.4 is 0 Å². The Hall–Kier alpha value is -5.81. The number of hydrogen-bond donors (Lipinski definition) is 1. The van der Waals surface area contributed by atoms with Gasteiger partial charge in [-0.05, 0) is 47.0 Å². The second kappa shape index (κ2) is 9.89. The first-order valence-electron chi connectivity index (χ1n) is 15.0. The zero-order valence-corrected chi connectivity index (χ0v) is 23.8. The van der Waals surface area contributed by atoms with Crippen molar-refractivity contribution in [3.05, 3.63) is 151 Å². The van der Waals surface area contributed by atoms with Gasteiger partial charge in [0.2, 0.25) is 5.96 Å². The quantitative estimate of drug-likeness (QED) is 0.229. The molecule has 3 heterocycles. The number of aliphatic imine (C=N–C) groups is 2. The lowest BCUT2D eigenvalue weighted by Crippen LogP contribution is -2.33. The summed E-state index contributed by atoms with van der Waals surface area (Å²) in [5, 5.41) is 2.35. The second-order valence-corrected chi connectivity index (χ2v) is 11.3. The lowest BCUT2D eigenvalue weighted by molar-refractivity contribution is 0.703. The molecule has 0 bridgehead atoms. The molecule has 0 saturated heterocycles. The van der Waals surface area contributed by atoms with E-state index < -0.39 is 0 Å². The summed E-state index contributed by atoms with van der Waals surface area (Å²) in [5.41, 5.74) is 9.69. The standard InChI is InChI=1S/C39H27N5/c1-3-11-25(12-4-1)37-30-16-7-9-17-32(30)42-39(43-37)44-35-18-10-8-15-29(35)31-23-27(20-22-36(31)44)28-19-21-33-34(24-28)41-38(40-33)26-13-5-2-6-14-26/h1-24,30,32H,(H,40,41). The number of fused-ring (bicyclic) bond motifs is 5. The Morgan fingerprint density at radius 1 is 0.591 bits per heavy atom. The summed E-state index contributed by atoms with van der Waals surface area (Å²) in [6, 6.07) is 42.4. The topological polar surface area (TPSA) is 58.3 Å². The largest absolute Gasteiger partial charge is 0.338 e. The fraction of sp³-hybridized carbons (Fsp3) is 0.0513. The molecule has 2 unspecified atom stereocenters. The fourth-order valence-corrected chi connectivity index (χ4v) is 6.58. The van der Waals surface area contributed by atoms with Crippen molar-refractivity contribution in [2.24, 2.45) is 15.9 Å². The summed E-state index contributed by atoms with van der Waals surface area (Å²) in [6.45, 7) is 0. The van der Waals surface area contributed by atoms with Crippen LogP contribution in [0.5, 0.6) is 0 Å². The Labute approximate surface area is 254 Å². The van der Waals surface area contributed by atoms with Crippen molar-refractivity contribution in [2.45, 2.75) is 6.04 Å². The highest BCUT2D eigenvalue weighted by molar-refractivity contribution is 6.18. The SMILES string of the molecule is C1=CC2N=C(n3c4ccccc4c4cc(-c5ccc6[nH]c(-c7ccccc7)nc6c5)ccc43)N=C(c3ccccc3)C2C=C1. The first-order chi connectivity index (χ1) is 21.8. The third-order valence-electron chi connectivity index (χ3n) is 8.71. The number of rotatable bonds is 3. The molecule has 0 spiro atoms. The van der Waals surface area contributed by atoms with Crippen LogP contribution >= 0.6 is 0 Å². The number of nitrogens with zero attached hydrogens (tertiary/aromatic N) is 4. The van der Waals surface area contributed by atoms with Crippen LogP contribution in [0.25, 0.3) is 55.4 Å². The van der Waals surface area contributed by atoms with Crippen LogP contribution in [0.3, 0.4) is 0 Å². The Kier molecular flexibility index (Phi) is 5.56. The maximum atomic E-state index is 5.25. The molecule has 5 heteroatoms. The molecular weight excluding hydrogens is 538 g/mol. The molecule has 2 aromatic heterocycles. The normalized spacial score (nSPS) is 17.6. The molecule has 2 atom stereocenters. The highest BCUT2D eigenvalue weighted by Gasteiger charge is 2.30. The molecule has 1 aliphatic carbocycles. The van der Waals surface area contributed by atoms with Crippen LogP contribution in [0.2, 0.25) is 0 Å². The average Bonchev–Trinajstić information content (AvgIpc) is 3.67. The van der Waals surface area contributed by atoms with E-state index in [1.54, 1.807) is 0 Å². The van der Waals surface area contributed by atoms with Crippen molar-refractivity contribution in [1.82, 2.24) is 14.5 Å². The van der Waals surface area contributed by atoms with E-state index in [2.05, 4.69) is 131 Å². The molecule has 7 aromatic rings. The van der Waals surface area contributed by atoms with Crippen molar-refractivity contribution in [3.8, 4) is 22.5 Å². The molecular formula is C39H27N5. The van der Waals surface area contributed by atoms with Crippen LogP contribution in [-0.2, 0) is 0 Å². The maximum absolute atomic E-state index is 5.25. The first kappa shape index (κ1) is 24.8. The maximum Gasteiger partial charge on any atom is 0.230 e. The lowest BCUT2D eigenvalue weighted by atomic mass is 9.86. The van der Waals surface area contributed by atoms with E-state index >= 15 is 0 Å². The molecule has 0 radical (unpaired) electrons. The Morgan fingerprint density at radius 3 is 2.16 bits per heavy atom. The van der Waals surface area contributed by atoms with Gasteiger partial charge in [-0.2, -0.15) is 0 Å². The summed E-state index contributed by atoms with van der Waals surface area (Å²) in [7, 11) is 0. The van der Waals surface area contributed by atoms with E-state index in [0.717, 1.165) is 61.8 Å². The zero-order chi connectivity index (χ0) is 29.0. The minimum absolute atomic E-state index is 0.000420. The zero-order valence-electron chi connectivity index (χ0n) is 23.8. The number of nitrogens with one attached hydrogen (secondary N) is 1. The number of benzene rings is 5. The van der Waals surface area contributed by atoms with E-state index in [9.17, 15) is 0 Å². The van der Waals surface area contributed by atoms with Gasteiger partial charge in [0.05, 0.1) is 33.8 Å². The molecule has 9 rings (SSSR count). The molecule has 5 aromatic carbocycles. The Morgan fingerprint density at radius 2 is 1.30 bits per heavy atom. The lowest BCUT2D eigenvalue weighted by Gasteiger charge is -2.28. The highest BCUT2D eigenvalue weighted by atomic mass is 15.2. The molecule has 1 aliphatic heterocycles. The van der Waals surface area contributed by atoms with E-state index in [4.69, 9.17) is 15.0 Å². The molecule has 44 heavy (non-hydrogen) atoms. The monoisotopic (exact) mass is 565 g/mol. The molecule has 2 aliphatic rings.